The van der Waals surface area contributed by atoms with Gasteiger partial charge in [-0.25, -0.2) is 5.01 Å². The van der Waals surface area contributed by atoms with Crippen molar-refractivity contribution in [3.8, 4) is 18.6 Å². The van der Waals surface area contributed by atoms with Crippen molar-refractivity contribution >= 4 is 23.6 Å². The van der Waals surface area contributed by atoms with E-state index in [1.807, 2.05) is 56.3 Å². The van der Waals surface area contributed by atoms with E-state index >= 15 is 0 Å². The van der Waals surface area contributed by atoms with Gasteiger partial charge in [-0.3, -0.25) is 15.0 Å². The van der Waals surface area contributed by atoms with Gasteiger partial charge in [-0.2, -0.15) is 0 Å². The molecule has 1 fully saturated rings. The number of benzene rings is 2. The van der Waals surface area contributed by atoms with Crippen LogP contribution >= 0.6 is 0 Å². The lowest BCUT2D eigenvalue weighted by atomic mass is 10.0. The van der Waals surface area contributed by atoms with Gasteiger partial charge in [0.1, 0.15) is 11.7 Å². The molecular weight excluding hydrogens is 388 g/mol. The molecule has 1 aliphatic heterocycles. The maximum Gasteiger partial charge on any atom is 0.258 e. The molecular formula is C26H30N2O3. The number of hydrogen-bond acceptors (Lipinski definition) is 3. The molecule has 1 heterocycles. The standard InChI is InChI=1S/C14H18O.C10H10N2O2.C2H2/c1-4-5-6-7-8-13-12(3)11(2)9-10-14(13)15;1-7-9(13)11-12(10(7)14)8-5-3-2-4-6-8;1-2/h5-10,15H,4H2,1-3H3;2-7H,1H3,(H,11,13);1-2H/b6-5-,8-7-;;. The molecule has 0 saturated carbocycles. The van der Waals surface area contributed by atoms with Gasteiger partial charge in [0, 0.05) is 5.56 Å². The molecule has 1 unspecified atom stereocenters. The third kappa shape index (κ3) is 6.90. The van der Waals surface area contributed by atoms with Crippen LogP contribution in [0.2, 0.25) is 0 Å². The Hall–Kier alpha value is -3.78. The first kappa shape index (κ1) is 25.3. The summed E-state index contributed by atoms with van der Waals surface area (Å²) >= 11 is 0. The zero-order valence-corrected chi connectivity index (χ0v) is 18.5. The van der Waals surface area contributed by atoms with Gasteiger partial charge in [0.15, 0.2) is 0 Å². The number of carbonyl (C=O) groups excluding carboxylic acids is 2. The SMILES string of the molecule is C#C.CC/C=C\C=C/c1c(O)ccc(C)c1C.CC1C(=O)NN(c2ccccc2)C1=O. The van der Waals surface area contributed by atoms with Crippen LogP contribution in [0.3, 0.4) is 0 Å². The highest BCUT2D eigenvalue weighted by Gasteiger charge is 2.36. The molecule has 1 saturated heterocycles. The van der Waals surface area contributed by atoms with Crippen LogP contribution in [0.1, 0.15) is 37.0 Å². The predicted molar refractivity (Wildman–Crippen MR) is 127 cm³/mol. The van der Waals surface area contributed by atoms with Gasteiger partial charge in [-0.05, 0) is 56.5 Å². The van der Waals surface area contributed by atoms with Crippen LogP contribution in [0.25, 0.3) is 6.08 Å². The molecule has 2 N–H and O–H groups in total. The lowest BCUT2D eigenvalue weighted by molar-refractivity contribution is -0.126. The zero-order valence-electron chi connectivity index (χ0n) is 18.5. The molecule has 2 aromatic carbocycles. The van der Waals surface area contributed by atoms with Crippen LogP contribution in [0.4, 0.5) is 5.69 Å². The fraction of sp³-hybridized carbons (Fsp3) is 0.231. The van der Waals surface area contributed by atoms with Crippen molar-refractivity contribution in [1.29, 1.82) is 0 Å². The number of allylic oxidation sites excluding steroid dienone is 3. The zero-order chi connectivity index (χ0) is 23.4. The van der Waals surface area contributed by atoms with E-state index in [9.17, 15) is 14.7 Å². The number of hydrazine groups is 1. The van der Waals surface area contributed by atoms with E-state index in [2.05, 4.69) is 31.3 Å². The molecule has 5 heteroatoms. The summed E-state index contributed by atoms with van der Waals surface area (Å²) in [5, 5.41) is 11.0. The minimum atomic E-state index is -0.588. The normalized spacial score (nSPS) is 15.3. The van der Waals surface area contributed by atoms with Gasteiger partial charge in [0.25, 0.3) is 11.8 Å². The van der Waals surface area contributed by atoms with Crippen molar-refractivity contribution in [3.05, 3.63) is 77.4 Å². The lowest BCUT2D eigenvalue weighted by Crippen LogP contribution is -2.35. The summed E-state index contributed by atoms with van der Waals surface area (Å²) < 4.78 is 0. The van der Waals surface area contributed by atoms with E-state index in [4.69, 9.17) is 0 Å². The molecule has 3 rings (SSSR count). The maximum absolute atomic E-state index is 11.6. The van der Waals surface area contributed by atoms with Gasteiger partial charge in [-0.1, -0.05) is 55.5 Å². The van der Waals surface area contributed by atoms with Crippen molar-refractivity contribution in [2.45, 2.75) is 34.1 Å². The second-order valence-electron chi connectivity index (χ2n) is 6.84. The summed E-state index contributed by atoms with van der Waals surface area (Å²) in [4.78, 5) is 22.8. The number of phenols is 1. The van der Waals surface area contributed by atoms with Crippen LogP contribution in [-0.4, -0.2) is 16.9 Å². The lowest BCUT2D eigenvalue weighted by Gasteiger charge is -2.14. The Kier molecular flexibility index (Phi) is 10.4. The molecule has 1 aliphatic rings. The second kappa shape index (κ2) is 12.7. The van der Waals surface area contributed by atoms with Crippen LogP contribution in [0.5, 0.6) is 5.75 Å². The van der Waals surface area contributed by atoms with Crippen molar-refractivity contribution in [2.24, 2.45) is 5.92 Å². The molecule has 0 aliphatic carbocycles. The predicted octanol–water partition coefficient (Wildman–Crippen LogP) is 4.94. The Bertz CT molecular complexity index is 959. The first-order chi connectivity index (χ1) is 14.9. The number of aryl methyl sites for hydroxylation is 1. The number of phenolic OH excluding ortho intramolecular Hbond substituents is 1. The largest absolute Gasteiger partial charge is 0.507 e. The minimum absolute atomic E-state index is 0.207. The summed E-state index contributed by atoms with van der Waals surface area (Å²) in [5.74, 6) is -0.700. The van der Waals surface area contributed by atoms with E-state index in [-0.39, 0.29) is 11.8 Å². The summed E-state index contributed by atoms with van der Waals surface area (Å²) in [6, 6.07) is 12.7. The Morgan fingerprint density at radius 1 is 1.06 bits per heavy atom. The van der Waals surface area contributed by atoms with Gasteiger partial charge >= 0.3 is 0 Å². The molecule has 0 bridgehead atoms. The van der Waals surface area contributed by atoms with Crippen LogP contribution in [0, 0.1) is 32.6 Å². The van der Waals surface area contributed by atoms with Gasteiger partial charge in [0.2, 0.25) is 0 Å². The number of aromatic hydroxyl groups is 1. The number of nitrogens with zero attached hydrogens (tertiary/aromatic N) is 1. The number of carbonyl (C=O) groups is 2. The number of nitrogens with one attached hydrogen (secondary N) is 1. The number of terminal acetylenes is 1. The molecule has 0 spiro atoms. The number of amides is 2. The van der Waals surface area contributed by atoms with Crippen LogP contribution < -0.4 is 10.4 Å². The van der Waals surface area contributed by atoms with Crippen LogP contribution in [-0.2, 0) is 9.59 Å². The summed E-state index contributed by atoms with van der Waals surface area (Å²) in [5.41, 5.74) is 6.45. The molecule has 0 radical (unpaired) electrons. The van der Waals surface area contributed by atoms with E-state index < -0.39 is 5.92 Å². The van der Waals surface area contributed by atoms with E-state index in [1.165, 1.54) is 10.6 Å². The Morgan fingerprint density at radius 3 is 2.26 bits per heavy atom. The maximum atomic E-state index is 11.6. The molecule has 2 amide bonds. The molecule has 5 nitrogen and oxygen atoms in total. The average molecular weight is 419 g/mol. The first-order valence-electron chi connectivity index (χ1n) is 10.0. The second-order valence-corrected chi connectivity index (χ2v) is 6.84. The monoisotopic (exact) mass is 418 g/mol. The smallest absolute Gasteiger partial charge is 0.258 e. The average Bonchev–Trinajstić information content (AvgIpc) is 3.05. The number of hydrogen-bond donors (Lipinski definition) is 2. The van der Waals surface area contributed by atoms with E-state index in [0.29, 0.717) is 11.4 Å². The number of anilines is 1. The highest BCUT2D eigenvalue weighted by atomic mass is 16.3. The molecule has 162 valence electrons. The molecule has 0 aromatic heterocycles. The van der Waals surface area contributed by atoms with E-state index in [0.717, 1.165) is 17.5 Å². The fourth-order valence-corrected chi connectivity index (χ4v) is 2.74. The van der Waals surface area contributed by atoms with E-state index in [1.54, 1.807) is 25.1 Å². The number of para-hydroxylation sites is 1. The highest BCUT2D eigenvalue weighted by molar-refractivity contribution is 6.14. The minimum Gasteiger partial charge on any atom is -0.507 e. The Balaban J connectivity index is 0.000000287. The van der Waals surface area contributed by atoms with Crippen LogP contribution in [0.15, 0.2) is 60.7 Å². The van der Waals surface area contributed by atoms with Gasteiger partial charge in [0.05, 0.1) is 5.69 Å². The Labute approximate surface area is 185 Å². The summed E-state index contributed by atoms with van der Waals surface area (Å²) in [7, 11) is 0. The van der Waals surface area contributed by atoms with Gasteiger partial charge < -0.3 is 5.11 Å². The first-order valence-corrected chi connectivity index (χ1v) is 10.0. The van der Waals surface area contributed by atoms with Crippen molar-refractivity contribution in [1.82, 2.24) is 5.43 Å². The quantitative estimate of drug-likeness (QED) is 0.420. The Morgan fingerprint density at radius 2 is 1.71 bits per heavy atom. The van der Waals surface area contributed by atoms with Crippen molar-refractivity contribution < 1.29 is 14.7 Å². The molecule has 1 atom stereocenters. The van der Waals surface area contributed by atoms with Gasteiger partial charge in [-0.15, -0.1) is 12.8 Å². The topological polar surface area (TPSA) is 69.6 Å². The summed E-state index contributed by atoms with van der Waals surface area (Å²) in [6.45, 7) is 7.77. The number of rotatable bonds is 4. The third-order valence-electron chi connectivity index (χ3n) is 4.73. The molecule has 31 heavy (non-hydrogen) atoms. The van der Waals surface area contributed by atoms with Crippen molar-refractivity contribution in [3.63, 3.8) is 0 Å². The van der Waals surface area contributed by atoms with Crippen molar-refractivity contribution in [2.75, 3.05) is 5.01 Å². The fourth-order valence-electron chi connectivity index (χ4n) is 2.74. The molecule has 2 aromatic rings. The highest BCUT2D eigenvalue weighted by Crippen LogP contribution is 2.24. The summed E-state index contributed by atoms with van der Waals surface area (Å²) in [6.07, 6.45) is 17.0. The third-order valence-corrected chi connectivity index (χ3v) is 4.73.